The van der Waals surface area contributed by atoms with Gasteiger partial charge >= 0.3 is 0 Å². The van der Waals surface area contributed by atoms with Crippen molar-refractivity contribution in [2.75, 3.05) is 0 Å². The van der Waals surface area contributed by atoms with E-state index in [0.29, 0.717) is 11.1 Å². The Bertz CT molecular complexity index is 898. The van der Waals surface area contributed by atoms with Gasteiger partial charge in [-0.2, -0.15) is 0 Å². The van der Waals surface area contributed by atoms with Gasteiger partial charge < -0.3 is 9.55 Å². The largest absolute Gasteiger partial charge is 0.330 e. The number of fused-ring (bicyclic) bond motifs is 1. The Morgan fingerprint density at radius 2 is 1.67 bits per heavy atom. The summed E-state index contributed by atoms with van der Waals surface area (Å²) >= 11 is 5.06. The monoisotopic (exact) mass is 312 g/mol. The Kier molecular flexibility index (Phi) is 3.29. The smallest absolute Gasteiger partial charge is 0.184 e. The summed E-state index contributed by atoms with van der Waals surface area (Å²) in [6, 6.07) is 5.68. The maximum atomic E-state index is 13.9. The molecule has 0 atom stereocenters. The molecule has 108 valence electrons. The number of H-pyrrole nitrogens is 1. The van der Waals surface area contributed by atoms with Crippen molar-refractivity contribution in [3.8, 4) is 0 Å². The molecule has 0 amide bonds. The number of aromatic amines is 1. The van der Waals surface area contributed by atoms with E-state index in [9.17, 15) is 17.6 Å². The maximum Gasteiger partial charge on any atom is 0.184 e. The molecule has 21 heavy (non-hydrogen) atoms. The van der Waals surface area contributed by atoms with E-state index in [0.717, 1.165) is 18.2 Å². The van der Waals surface area contributed by atoms with E-state index in [2.05, 4.69) is 4.98 Å². The molecule has 0 saturated carbocycles. The lowest BCUT2D eigenvalue weighted by molar-refractivity contribution is 0.505. The summed E-state index contributed by atoms with van der Waals surface area (Å²) in [4.78, 5) is 2.74. The molecule has 0 aliphatic heterocycles. The highest BCUT2D eigenvalue weighted by atomic mass is 32.1. The van der Waals surface area contributed by atoms with Crippen molar-refractivity contribution in [3.63, 3.8) is 0 Å². The molecule has 0 spiro atoms. The van der Waals surface area contributed by atoms with Crippen molar-refractivity contribution in [2.45, 2.75) is 6.54 Å². The minimum atomic E-state index is -1.04. The van der Waals surface area contributed by atoms with Gasteiger partial charge in [0, 0.05) is 0 Å². The molecule has 1 N–H and O–H groups in total. The minimum absolute atomic E-state index is 0.00356. The summed E-state index contributed by atoms with van der Waals surface area (Å²) in [6.07, 6.45) is 0. The fourth-order valence-corrected chi connectivity index (χ4v) is 2.43. The fraction of sp³-hybridized carbons (Fsp3) is 0.0714. The van der Waals surface area contributed by atoms with Gasteiger partial charge in [0.15, 0.2) is 28.0 Å². The molecule has 3 rings (SSSR count). The van der Waals surface area contributed by atoms with Gasteiger partial charge in [-0.15, -0.1) is 0 Å². The van der Waals surface area contributed by atoms with Crippen LogP contribution >= 0.6 is 12.2 Å². The summed E-state index contributed by atoms with van der Waals surface area (Å²) in [5, 5.41) is 0. The lowest BCUT2D eigenvalue weighted by Gasteiger charge is -2.06. The summed E-state index contributed by atoms with van der Waals surface area (Å²) in [6.45, 7) is -0.00356. The molecule has 0 aliphatic carbocycles. The van der Waals surface area contributed by atoms with Crippen LogP contribution in [0.25, 0.3) is 11.0 Å². The highest BCUT2D eigenvalue weighted by Gasteiger charge is 2.14. The van der Waals surface area contributed by atoms with Crippen LogP contribution in [0.5, 0.6) is 0 Å². The van der Waals surface area contributed by atoms with Gasteiger partial charge in [0.05, 0.1) is 12.1 Å². The molecule has 1 heterocycles. The van der Waals surface area contributed by atoms with Crippen LogP contribution in [0.15, 0.2) is 30.3 Å². The third-order valence-electron chi connectivity index (χ3n) is 3.15. The van der Waals surface area contributed by atoms with Crippen LogP contribution < -0.4 is 0 Å². The van der Waals surface area contributed by atoms with Crippen LogP contribution in [-0.4, -0.2) is 9.55 Å². The zero-order chi connectivity index (χ0) is 15.1. The van der Waals surface area contributed by atoms with Crippen LogP contribution in [0.1, 0.15) is 5.56 Å². The Labute approximate surface area is 121 Å². The first-order chi connectivity index (χ1) is 9.97. The number of rotatable bonds is 2. The van der Waals surface area contributed by atoms with Gasteiger partial charge in [-0.05, 0) is 42.0 Å². The van der Waals surface area contributed by atoms with Gasteiger partial charge in [-0.25, -0.2) is 17.6 Å². The van der Waals surface area contributed by atoms with Gasteiger partial charge in [0.25, 0.3) is 0 Å². The molecule has 0 radical (unpaired) electrons. The van der Waals surface area contributed by atoms with E-state index in [1.165, 1.54) is 16.7 Å². The first kappa shape index (κ1) is 13.8. The summed E-state index contributed by atoms with van der Waals surface area (Å²) in [7, 11) is 0. The van der Waals surface area contributed by atoms with Crippen molar-refractivity contribution in [1.82, 2.24) is 9.55 Å². The third kappa shape index (κ3) is 2.33. The van der Waals surface area contributed by atoms with Crippen LogP contribution in [0.4, 0.5) is 17.6 Å². The molecule has 1 aromatic heterocycles. The molecule has 0 aliphatic rings. The predicted molar refractivity (Wildman–Crippen MR) is 72.5 cm³/mol. The van der Waals surface area contributed by atoms with Gasteiger partial charge in [0.1, 0.15) is 5.52 Å². The number of halogens is 4. The molecule has 0 saturated heterocycles. The second-order valence-electron chi connectivity index (χ2n) is 4.52. The highest BCUT2D eigenvalue weighted by Crippen LogP contribution is 2.22. The van der Waals surface area contributed by atoms with Crippen LogP contribution in [0, 0.1) is 28.0 Å². The SMILES string of the molecule is Fc1ccc(Cn2c(=S)[nH]c3ccc(F)c(F)c32)cc1F. The molecular formula is C14H8F4N2S. The second kappa shape index (κ2) is 5.00. The van der Waals surface area contributed by atoms with E-state index < -0.39 is 23.3 Å². The molecule has 2 nitrogen and oxygen atoms in total. The van der Waals surface area contributed by atoms with E-state index in [1.54, 1.807) is 0 Å². The lowest BCUT2D eigenvalue weighted by atomic mass is 10.2. The number of benzene rings is 2. The number of hydrogen-bond acceptors (Lipinski definition) is 1. The summed E-state index contributed by atoms with van der Waals surface area (Å²) < 4.78 is 54.9. The molecule has 0 bridgehead atoms. The maximum absolute atomic E-state index is 13.9. The predicted octanol–water partition coefficient (Wildman–Crippen LogP) is 4.30. The first-order valence-electron chi connectivity index (χ1n) is 5.98. The molecule has 2 aromatic carbocycles. The van der Waals surface area contributed by atoms with Crippen LogP contribution in [-0.2, 0) is 6.54 Å². The average molecular weight is 312 g/mol. The quantitative estimate of drug-likeness (QED) is 0.552. The van der Waals surface area contributed by atoms with Gasteiger partial charge in [-0.1, -0.05) is 6.07 Å². The van der Waals surface area contributed by atoms with E-state index in [1.807, 2.05) is 0 Å². The van der Waals surface area contributed by atoms with Crippen molar-refractivity contribution >= 4 is 23.3 Å². The first-order valence-corrected chi connectivity index (χ1v) is 6.38. The normalized spacial score (nSPS) is 11.2. The molecule has 3 aromatic rings. The molecular weight excluding hydrogens is 304 g/mol. The number of hydrogen-bond donors (Lipinski definition) is 1. The van der Waals surface area contributed by atoms with Crippen LogP contribution in [0.2, 0.25) is 0 Å². The van der Waals surface area contributed by atoms with E-state index >= 15 is 0 Å². The summed E-state index contributed by atoms with van der Waals surface area (Å²) in [5.74, 6) is -4.03. The molecule has 7 heteroatoms. The molecule has 0 unspecified atom stereocenters. The minimum Gasteiger partial charge on any atom is -0.330 e. The second-order valence-corrected chi connectivity index (χ2v) is 4.91. The summed E-state index contributed by atoms with van der Waals surface area (Å²) in [5.41, 5.74) is 0.681. The highest BCUT2D eigenvalue weighted by molar-refractivity contribution is 7.71. The molecule has 0 fully saturated rings. The van der Waals surface area contributed by atoms with Crippen molar-refractivity contribution in [1.29, 1.82) is 0 Å². The lowest BCUT2D eigenvalue weighted by Crippen LogP contribution is -2.03. The van der Waals surface area contributed by atoms with Crippen molar-refractivity contribution < 1.29 is 17.6 Å². The number of imidazole rings is 1. The van der Waals surface area contributed by atoms with Crippen LogP contribution in [0.3, 0.4) is 0 Å². The zero-order valence-electron chi connectivity index (χ0n) is 10.5. The standard InChI is InChI=1S/C14H8F4N2S/c15-8-2-1-7(5-10(8)17)6-20-13-11(19-14(20)21)4-3-9(16)12(13)18/h1-5H,6H2,(H,19,21). The topological polar surface area (TPSA) is 20.7 Å². The van der Waals surface area contributed by atoms with Crippen molar-refractivity contribution in [2.24, 2.45) is 0 Å². The number of nitrogens with zero attached hydrogens (tertiary/aromatic N) is 1. The number of aromatic nitrogens is 2. The Hall–Kier alpha value is -2.15. The van der Waals surface area contributed by atoms with Gasteiger partial charge in [-0.3, -0.25) is 0 Å². The number of nitrogens with one attached hydrogen (secondary N) is 1. The Morgan fingerprint density at radius 3 is 2.38 bits per heavy atom. The van der Waals surface area contributed by atoms with E-state index in [4.69, 9.17) is 12.2 Å². The Morgan fingerprint density at radius 1 is 0.952 bits per heavy atom. The average Bonchev–Trinajstić information content (AvgIpc) is 2.76. The fourth-order valence-electron chi connectivity index (χ4n) is 2.16. The van der Waals surface area contributed by atoms with Gasteiger partial charge in [0.2, 0.25) is 0 Å². The van der Waals surface area contributed by atoms with Crippen molar-refractivity contribution in [3.05, 3.63) is 63.9 Å². The van der Waals surface area contributed by atoms with E-state index in [-0.39, 0.29) is 16.8 Å². The zero-order valence-corrected chi connectivity index (χ0v) is 11.3. The Balaban J connectivity index is 2.16. The third-order valence-corrected chi connectivity index (χ3v) is 3.47.